The first-order valence-electron chi connectivity index (χ1n) is 7.83. The van der Waals surface area contributed by atoms with Gasteiger partial charge < -0.3 is 10.0 Å². The Bertz CT molecular complexity index is 452. The second kappa shape index (κ2) is 8.55. The van der Waals surface area contributed by atoms with Crippen molar-refractivity contribution in [2.45, 2.75) is 46.5 Å². The molecule has 1 amide bonds. The zero-order valence-electron chi connectivity index (χ0n) is 13.7. The third kappa shape index (κ3) is 4.96. The van der Waals surface area contributed by atoms with Crippen molar-refractivity contribution in [2.75, 3.05) is 29.9 Å². The maximum absolute atomic E-state index is 11.0. The molecule has 0 bridgehead atoms. The predicted molar refractivity (Wildman–Crippen MR) is 89.6 cm³/mol. The van der Waals surface area contributed by atoms with E-state index in [2.05, 4.69) is 31.7 Å². The topological polar surface area (TPSA) is 43.8 Å². The average molecular weight is 292 g/mol. The molecule has 1 N–H and O–H groups in total. The van der Waals surface area contributed by atoms with Gasteiger partial charge in [-0.3, -0.25) is 4.90 Å². The lowest BCUT2D eigenvalue weighted by Gasteiger charge is -2.27. The fourth-order valence-electron chi connectivity index (χ4n) is 2.36. The summed E-state index contributed by atoms with van der Waals surface area (Å²) in [7, 11) is 1.57. The molecule has 118 valence electrons. The first-order chi connectivity index (χ1) is 10.0. The number of carboxylic acid groups (broad SMARTS) is 1. The fraction of sp³-hybridized carbons (Fsp3) is 0.588. The van der Waals surface area contributed by atoms with Crippen molar-refractivity contribution >= 4 is 17.5 Å². The Kier molecular flexibility index (Phi) is 7.06. The van der Waals surface area contributed by atoms with Gasteiger partial charge in [-0.2, -0.15) is 0 Å². The summed E-state index contributed by atoms with van der Waals surface area (Å²) >= 11 is 0. The minimum atomic E-state index is -0.934. The maximum Gasteiger partial charge on any atom is 0.411 e. The van der Waals surface area contributed by atoms with Crippen molar-refractivity contribution in [3.8, 4) is 0 Å². The molecule has 4 nitrogen and oxygen atoms in total. The summed E-state index contributed by atoms with van der Waals surface area (Å²) < 4.78 is 0. The van der Waals surface area contributed by atoms with E-state index >= 15 is 0 Å². The fourth-order valence-corrected chi connectivity index (χ4v) is 2.36. The van der Waals surface area contributed by atoms with Crippen molar-refractivity contribution in [2.24, 2.45) is 0 Å². The predicted octanol–water partition coefficient (Wildman–Crippen LogP) is 4.52. The van der Waals surface area contributed by atoms with Gasteiger partial charge in [0.15, 0.2) is 0 Å². The van der Waals surface area contributed by atoms with Gasteiger partial charge in [-0.1, -0.05) is 26.7 Å². The van der Waals surface area contributed by atoms with Crippen LogP contribution in [0.25, 0.3) is 0 Å². The number of amides is 1. The molecule has 0 aliphatic rings. The van der Waals surface area contributed by atoms with Crippen LogP contribution in [-0.2, 0) is 0 Å². The third-order valence-electron chi connectivity index (χ3n) is 3.76. The standard InChI is InChI=1S/C17H28N2O2/c1-5-7-11-19(12-8-6-2)16-10-9-15(13-14(16)3)18(4)17(20)21/h9-10,13H,5-8,11-12H2,1-4H3,(H,20,21). The van der Waals surface area contributed by atoms with E-state index in [-0.39, 0.29) is 0 Å². The molecule has 1 aromatic carbocycles. The smallest absolute Gasteiger partial charge is 0.411 e. The van der Waals surface area contributed by atoms with E-state index in [1.807, 2.05) is 12.1 Å². The molecule has 0 radical (unpaired) electrons. The van der Waals surface area contributed by atoms with Gasteiger partial charge >= 0.3 is 6.09 Å². The van der Waals surface area contributed by atoms with Crippen molar-refractivity contribution in [1.29, 1.82) is 0 Å². The highest BCUT2D eigenvalue weighted by atomic mass is 16.4. The monoisotopic (exact) mass is 292 g/mol. The lowest BCUT2D eigenvalue weighted by atomic mass is 10.1. The summed E-state index contributed by atoms with van der Waals surface area (Å²) in [4.78, 5) is 14.7. The molecule has 21 heavy (non-hydrogen) atoms. The molecule has 1 aromatic rings. The molecule has 0 saturated carbocycles. The highest BCUT2D eigenvalue weighted by molar-refractivity contribution is 5.86. The van der Waals surface area contributed by atoms with Crippen LogP contribution in [0, 0.1) is 6.92 Å². The van der Waals surface area contributed by atoms with E-state index in [0.717, 1.165) is 24.3 Å². The third-order valence-corrected chi connectivity index (χ3v) is 3.76. The van der Waals surface area contributed by atoms with Crippen LogP contribution in [0.4, 0.5) is 16.2 Å². The largest absolute Gasteiger partial charge is 0.465 e. The Morgan fingerprint density at radius 1 is 1.14 bits per heavy atom. The lowest BCUT2D eigenvalue weighted by Crippen LogP contribution is -2.27. The minimum Gasteiger partial charge on any atom is -0.465 e. The summed E-state index contributed by atoms with van der Waals surface area (Å²) in [5.41, 5.74) is 3.07. The van der Waals surface area contributed by atoms with Gasteiger partial charge in [-0.05, 0) is 43.5 Å². The molecule has 0 saturated heterocycles. The normalized spacial score (nSPS) is 10.5. The highest BCUT2D eigenvalue weighted by Crippen LogP contribution is 2.26. The Labute approximate surface area is 128 Å². The van der Waals surface area contributed by atoms with E-state index in [1.165, 1.54) is 36.3 Å². The molecular weight excluding hydrogens is 264 g/mol. The second-order valence-electron chi connectivity index (χ2n) is 5.51. The van der Waals surface area contributed by atoms with E-state index in [4.69, 9.17) is 5.11 Å². The van der Waals surface area contributed by atoms with Crippen LogP contribution in [0.3, 0.4) is 0 Å². The summed E-state index contributed by atoms with van der Waals surface area (Å²) in [6, 6.07) is 5.89. The first-order valence-corrected chi connectivity index (χ1v) is 7.83. The first kappa shape index (κ1) is 17.3. The number of hydrogen-bond acceptors (Lipinski definition) is 2. The van der Waals surface area contributed by atoms with Crippen molar-refractivity contribution in [3.63, 3.8) is 0 Å². The molecule has 4 heteroatoms. The molecular formula is C17H28N2O2. The van der Waals surface area contributed by atoms with Gasteiger partial charge in [0.1, 0.15) is 0 Å². The number of anilines is 2. The van der Waals surface area contributed by atoms with Crippen molar-refractivity contribution in [3.05, 3.63) is 23.8 Å². The molecule has 0 aromatic heterocycles. The van der Waals surface area contributed by atoms with Gasteiger partial charge in [0.25, 0.3) is 0 Å². The van der Waals surface area contributed by atoms with Gasteiger partial charge in [-0.25, -0.2) is 4.79 Å². The molecule has 0 unspecified atom stereocenters. The number of benzene rings is 1. The molecule has 0 atom stereocenters. The van der Waals surface area contributed by atoms with Gasteiger partial charge in [0.05, 0.1) is 0 Å². The molecule has 0 aliphatic carbocycles. The van der Waals surface area contributed by atoms with Crippen molar-refractivity contribution < 1.29 is 9.90 Å². The van der Waals surface area contributed by atoms with Crippen LogP contribution in [0.5, 0.6) is 0 Å². The zero-order valence-corrected chi connectivity index (χ0v) is 13.7. The summed E-state index contributed by atoms with van der Waals surface area (Å²) in [5, 5.41) is 9.05. The van der Waals surface area contributed by atoms with Crippen molar-refractivity contribution in [1.82, 2.24) is 0 Å². The Balaban J connectivity index is 2.95. The van der Waals surface area contributed by atoms with Crippen LogP contribution >= 0.6 is 0 Å². The SMILES string of the molecule is CCCCN(CCCC)c1ccc(N(C)C(=O)O)cc1C. The summed E-state index contributed by atoms with van der Waals surface area (Å²) in [6.45, 7) is 8.59. The number of unbranched alkanes of at least 4 members (excludes halogenated alkanes) is 2. The summed E-state index contributed by atoms with van der Waals surface area (Å²) in [5.74, 6) is 0. The number of rotatable bonds is 8. The molecule has 0 spiro atoms. The molecule has 0 heterocycles. The summed E-state index contributed by atoms with van der Waals surface area (Å²) in [6.07, 6.45) is 3.79. The number of hydrogen-bond donors (Lipinski definition) is 1. The second-order valence-corrected chi connectivity index (χ2v) is 5.51. The maximum atomic E-state index is 11.0. The molecule has 0 fully saturated rings. The van der Waals surface area contributed by atoms with E-state index in [9.17, 15) is 4.79 Å². The van der Waals surface area contributed by atoms with Gasteiger partial charge in [-0.15, -0.1) is 0 Å². The van der Waals surface area contributed by atoms with Gasteiger partial charge in [0.2, 0.25) is 0 Å². The van der Waals surface area contributed by atoms with E-state index in [1.54, 1.807) is 7.05 Å². The van der Waals surface area contributed by atoms with E-state index < -0.39 is 6.09 Å². The van der Waals surface area contributed by atoms with Crippen LogP contribution in [0.1, 0.15) is 45.1 Å². The van der Waals surface area contributed by atoms with Crippen LogP contribution < -0.4 is 9.80 Å². The number of nitrogens with zero attached hydrogens (tertiary/aromatic N) is 2. The lowest BCUT2D eigenvalue weighted by molar-refractivity contribution is 0.203. The van der Waals surface area contributed by atoms with Crippen LogP contribution in [-0.4, -0.2) is 31.3 Å². The Hall–Kier alpha value is -1.71. The quantitative estimate of drug-likeness (QED) is 0.766. The van der Waals surface area contributed by atoms with E-state index in [0.29, 0.717) is 0 Å². The minimum absolute atomic E-state index is 0.717. The van der Waals surface area contributed by atoms with Crippen LogP contribution in [0.15, 0.2) is 18.2 Å². The highest BCUT2D eigenvalue weighted by Gasteiger charge is 2.13. The van der Waals surface area contributed by atoms with Gasteiger partial charge in [0, 0.05) is 31.5 Å². The Morgan fingerprint density at radius 3 is 2.14 bits per heavy atom. The Morgan fingerprint density at radius 2 is 1.71 bits per heavy atom. The molecule has 1 rings (SSSR count). The number of carbonyl (C=O) groups is 1. The zero-order chi connectivity index (χ0) is 15.8. The number of aryl methyl sites for hydroxylation is 1. The van der Waals surface area contributed by atoms with Crippen LogP contribution in [0.2, 0.25) is 0 Å². The average Bonchev–Trinajstić information content (AvgIpc) is 2.47. The molecule has 0 aliphatic heterocycles.